The molecule has 114 valence electrons. The highest BCUT2D eigenvalue weighted by molar-refractivity contribution is 8.03. The number of rotatable bonds is 6. The van der Waals surface area contributed by atoms with Gasteiger partial charge < -0.3 is 14.6 Å². The van der Waals surface area contributed by atoms with E-state index in [0.717, 1.165) is 0 Å². The van der Waals surface area contributed by atoms with Crippen molar-refractivity contribution in [3.05, 3.63) is 23.8 Å². The van der Waals surface area contributed by atoms with Gasteiger partial charge in [0.1, 0.15) is 36.3 Å². The topological polar surface area (TPSA) is 93.1 Å². The first kappa shape index (κ1) is 15.6. The van der Waals surface area contributed by atoms with E-state index >= 15 is 0 Å². The number of ether oxygens (including phenoxy) is 2. The van der Waals surface area contributed by atoms with Gasteiger partial charge in [-0.05, 0) is 6.92 Å². The maximum atomic E-state index is 12.1. The maximum absolute atomic E-state index is 12.1. The number of aliphatic hydroxyl groups excluding tert-OH is 1. The van der Waals surface area contributed by atoms with Gasteiger partial charge in [-0.25, -0.2) is 9.59 Å². The van der Waals surface area contributed by atoms with Crippen molar-refractivity contribution in [1.29, 1.82) is 0 Å². The number of amides is 1. The number of thioether (sulfide) groups is 1. The van der Waals surface area contributed by atoms with E-state index in [-0.39, 0.29) is 23.6 Å². The molecule has 0 aromatic carbocycles. The molecule has 0 spiro atoms. The standard InChI is InChI=1S/C13H15NO6S/c1-3-4-19-13(18)8-6-21-12-10(11(17)14(8)12)7(2)20-9(16)5-15/h3,6-7,10,12,15H,1,4-5H2,2H3/t7?,10-,12-/m0/s1. The van der Waals surface area contributed by atoms with Crippen LogP contribution in [0.3, 0.4) is 0 Å². The van der Waals surface area contributed by atoms with Crippen LogP contribution >= 0.6 is 11.8 Å². The fourth-order valence-electron chi connectivity index (χ4n) is 2.18. The number of carbonyl (C=O) groups excluding carboxylic acids is 3. The molecule has 1 saturated heterocycles. The van der Waals surface area contributed by atoms with E-state index in [1.54, 1.807) is 12.3 Å². The molecule has 0 bridgehead atoms. The molecule has 21 heavy (non-hydrogen) atoms. The van der Waals surface area contributed by atoms with Gasteiger partial charge in [-0.15, -0.1) is 11.8 Å². The Morgan fingerprint density at radius 1 is 1.62 bits per heavy atom. The van der Waals surface area contributed by atoms with E-state index < -0.39 is 30.6 Å². The minimum absolute atomic E-state index is 0.0709. The largest absolute Gasteiger partial charge is 0.460 e. The molecule has 2 aliphatic rings. The van der Waals surface area contributed by atoms with Gasteiger partial charge in [0.05, 0.1) is 0 Å². The van der Waals surface area contributed by atoms with E-state index in [2.05, 4.69) is 6.58 Å². The minimum atomic E-state index is -0.782. The Morgan fingerprint density at radius 3 is 2.95 bits per heavy atom. The second-order valence-corrected chi connectivity index (χ2v) is 5.49. The summed E-state index contributed by atoms with van der Waals surface area (Å²) in [5.41, 5.74) is 0.189. The Bertz CT molecular complexity index is 517. The Morgan fingerprint density at radius 2 is 2.33 bits per heavy atom. The molecule has 0 radical (unpaired) electrons. The van der Waals surface area contributed by atoms with Gasteiger partial charge in [-0.2, -0.15) is 0 Å². The number of hydrogen-bond donors (Lipinski definition) is 1. The number of hydrogen-bond acceptors (Lipinski definition) is 7. The van der Waals surface area contributed by atoms with Crippen LogP contribution in [0.25, 0.3) is 0 Å². The average molecular weight is 313 g/mol. The van der Waals surface area contributed by atoms with Gasteiger partial charge in [0.15, 0.2) is 0 Å². The summed E-state index contributed by atoms with van der Waals surface area (Å²) in [4.78, 5) is 36.3. The molecule has 0 aromatic heterocycles. The molecular formula is C13H15NO6S. The molecule has 8 heteroatoms. The molecule has 7 nitrogen and oxygen atoms in total. The molecule has 1 amide bonds. The molecule has 2 aliphatic heterocycles. The zero-order valence-electron chi connectivity index (χ0n) is 11.4. The lowest BCUT2D eigenvalue weighted by molar-refractivity contribution is -0.168. The third kappa shape index (κ3) is 2.81. The molecule has 0 aromatic rings. The number of carbonyl (C=O) groups is 3. The number of esters is 2. The highest BCUT2D eigenvalue weighted by Crippen LogP contribution is 2.46. The molecule has 3 atom stereocenters. The van der Waals surface area contributed by atoms with Gasteiger partial charge in [0, 0.05) is 5.41 Å². The molecule has 1 unspecified atom stereocenters. The van der Waals surface area contributed by atoms with Gasteiger partial charge in [-0.1, -0.05) is 12.7 Å². The van der Waals surface area contributed by atoms with Crippen molar-refractivity contribution in [2.24, 2.45) is 5.92 Å². The van der Waals surface area contributed by atoms with Gasteiger partial charge in [0.2, 0.25) is 5.91 Å². The third-order valence-corrected chi connectivity index (χ3v) is 4.30. The van der Waals surface area contributed by atoms with Crippen LogP contribution in [0.4, 0.5) is 0 Å². The summed E-state index contributed by atoms with van der Waals surface area (Å²) in [6.07, 6.45) is 0.776. The summed E-state index contributed by atoms with van der Waals surface area (Å²) < 4.78 is 9.84. The fourth-order valence-corrected chi connectivity index (χ4v) is 3.51. The quantitative estimate of drug-likeness (QED) is 0.419. The van der Waals surface area contributed by atoms with Crippen molar-refractivity contribution in [2.75, 3.05) is 13.2 Å². The van der Waals surface area contributed by atoms with Crippen molar-refractivity contribution in [1.82, 2.24) is 4.90 Å². The van der Waals surface area contributed by atoms with Gasteiger partial charge in [-0.3, -0.25) is 9.69 Å². The first-order chi connectivity index (χ1) is 10.0. The van der Waals surface area contributed by atoms with Crippen molar-refractivity contribution in [3.8, 4) is 0 Å². The zero-order valence-corrected chi connectivity index (χ0v) is 12.2. The molecular weight excluding hydrogens is 298 g/mol. The number of aliphatic hydroxyl groups is 1. The first-order valence-corrected chi connectivity index (χ1v) is 7.22. The van der Waals surface area contributed by atoms with Crippen LogP contribution in [0.5, 0.6) is 0 Å². The van der Waals surface area contributed by atoms with Crippen LogP contribution in [0.15, 0.2) is 23.8 Å². The molecule has 1 fully saturated rings. The molecule has 2 heterocycles. The minimum Gasteiger partial charge on any atom is -0.460 e. The Labute approximate surface area is 125 Å². The SMILES string of the molecule is C=CCOC(=O)C1=CS[C@H]2[C@@H](C(C)OC(=O)CO)C(=O)N12. The summed E-state index contributed by atoms with van der Waals surface area (Å²) in [6.45, 7) is 4.37. The molecule has 0 saturated carbocycles. The zero-order chi connectivity index (χ0) is 15.6. The monoisotopic (exact) mass is 313 g/mol. The summed E-state index contributed by atoms with van der Waals surface area (Å²) in [7, 11) is 0. The lowest BCUT2D eigenvalue weighted by Crippen LogP contribution is -2.61. The van der Waals surface area contributed by atoms with Crippen molar-refractivity contribution in [3.63, 3.8) is 0 Å². The Hall–Kier alpha value is -1.80. The lowest BCUT2D eigenvalue weighted by Gasteiger charge is -2.44. The second-order valence-electron chi connectivity index (χ2n) is 4.50. The summed E-state index contributed by atoms with van der Waals surface area (Å²) in [5.74, 6) is -2.21. The van der Waals surface area contributed by atoms with E-state index in [1.807, 2.05) is 0 Å². The number of β-lactam (4-membered cyclic amide) rings is 1. The normalized spacial score (nSPS) is 24.6. The third-order valence-electron chi connectivity index (χ3n) is 3.16. The smallest absolute Gasteiger partial charge is 0.355 e. The van der Waals surface area contributed by atoms with Crippen LogP contribution in [0, 0.1) is 5.92 Å². The second kappa shape index (κ2) is 6.31. The van der Waals surface area contributed by atoms with Crippen LogP contribution in [-0.2, 0) is 23.9 Å². The summed E-state index contributed by atoms with van der Waals surface area (Å²) in [5, 5.41) is 9.93. The van der Waals surface area contributed by atoms with Crippen molar-refractivity contribution >= 4 is 29.6 Å². The molecule has 2 rings (SSSR count). The number of nitrogens with zero attached hydrogens (tertiary/aromatic N) is 1. The van der Waals surface area contributed by atoms with E-state index in [0.29, 0.717) is 0 Å². The predicted octanol–water partition coefficient (Wildman–Crippen LogP) is 0.0123. The van der Waals surface area contributed by atoms with Crippen LogP contribution in [0.2, 0.25) is 0 Å². The van der Waals surface area contributed by atoms with Crippen molar-refractivity contribution in [2.45, 2.75) is 18.4 Å². The molecule has 0 aliphatic carbocycles. The van der Waals surface area contributed by atoms with E-state index in [1.165, 1.54) is 22.7 Å². The Kier molecular flexibility index (Phi) is 4.69. The Balaban J connectivity index is 1.98. The summed E-state index contributed by atoms with van der Waals surface area (Å²) >= 11 is 1.30. The average Bonchev–Trinajstić information content (AvgIpc) is 2.83. The van der Waals surface area contributed by atoms with Crippen LogP contribution < -0.4 is 0 Å². The summed E-state index contributed by atoms with van der Waals surface area (Å²) in [6, 6.07) is 0. The van der Waals surface area contributed by atoms with Crippen LogP contribution in [0.1, 0.15) is 6.92 Å². The van der Waals surface area contributed by atoms with Gasteiger partial charge >= 0.3 is 11.9 Å². The first-order valence-electron chi connectivity index (χ1n) is 6.28. The van der Waals surface area contributed by atoms with E-state index in [4.69, 9.17) is 14.6 Å². The van der Waals surface area contributed by atoms with Gasteiger partial charge in [0.25, 0.3) is 0 Å². The fraction of sp³-hybridized carbons (Fsp3) is 0.462. The predicted molar refractivity (Wildman–Crippen MR) is 73.6 cm³/mol. The van der Waals surface area contributed by atoms with Crippen LogP contribution in [-0.4, -0.2) is 52.5 Å². The lowest BCUT2D eigenvalue weighted by atomic mass is 9.92. The number of fused-ring (bicyclic) bond motifs is 1. The maximum Gasteiger partial charge on any atom is 0.355 e. The highest BCUT2D eigenvalue weighted by atomic mass is 32.2. The van der Waals surface area contributed by atoms with E-state index in [9.17, 15) is 14.4 Å². The molecule has 1 N–H and O–H groups in total. The highest BCUT2D eigenvalue weighted by Gasteiger charge is 2.56. The van der Waals surface area contributed by atoms with Crippen molar-refractivity contribution < 1.29 is 29.0 Å².